The van der Waals surface area contributed by atoms with Crippen LogP contribution in [-0.4, -0.2) is 42.4 Å². The Bertz CT molecular complexity index is 667. The van der Waals surface area contributed by atoms with E-state index in [0.29, 0.717) is 0 Å². The van der Waals surface area contributed by atoms with Crippen LogP contribution in [0.25, 0.3) is 6.08 Å². The van der Waals surface area contributed by atoms with Gasteiger partial charge in [0.2, 0.25) is 5.91 Å². The molecule has 1 amide bonds. The first-order valence-corrected chi connectivity index (χ1v) is 8.01. The van der Waals surface area contributed by atoms with E-state index in [-0.39, 0.29) is 11.9 Å². The van der Waals surface area contributed by atoms with Gasteiger partial charge in [0, 0.05) is 25.7 Å². The van der Waals surface area contributed by atoms with Gasteiger partial charge in [-0.05, 0) is 24.3 Å². The molecule has 0 bridgehead atoms. The van der Waals surface area contributed by atoms with Gasteiger partial charge in [0.05, 0.1) is 6.04 Å². The number of rotatable bonds is 3. The summed E-state index contributed by atoms with van der Waals surface area (Å²) < 4.78 is 0. The van der Waals surface area contributed by atoms with Crippen molar-refractivity contribution in [2.45, 2.75) is 6.04 Å². The lowest BCUT2D eigenvalue weighted by Crippen LogP contribution is -2.48. The van der Waals surface area contributed by atoms with Gasteiger partial charge in [-0.15, -0.1) is 0 Å². The summed E-state index contributed by atoms with van der Waals surface area (Å²) in [4.78, 5) is 16.9. The van der Waals surface area contributed by atoms with E-state index in [9.17, 15) is 4.79 Å². The van der Waals surface area contributed by atoms with Crippen molar-refractivity contribution in [3.05, 3.63) is 77.9 Å². The van der Waals surface area contributed by atoms with Gasteiger partial charge in [-0.25, -0.2) is 0 Å². The molecular formula is C20H22N2O. The maximum Gasteiger partial charge on any atom is 0.247 e. The molecule has 1 saturated heterocycles. The number of carbonyl (C=O) groups is 1. The first-order valence-electron chi connectivity index (χ1n) is 8.01. The van der Waals surface area contributed by atoms with Gasteiger partial charge in [-0.1, -0.05) is 60.7 Å². The average Bonchev–Trinajstić information content (AvgIpc) is 2.61. The molecule has 1 aliphatic rings. The SMILES string of the molecule is CN1CCN(C(=O)C=Cc2ccccc2)C(c2ccccc2)C1. The summed E-state index contributed by atoms with van der Waals surface area (Å²) in [7, 11) is 2.11. The maximum absolute atomic E-state index is 12.7. The molecule has 0 radical (unpaired) electrons. The van der Waals surface area contributed by atoms with Crippen molar-refractivity contribution in [2.24, 2.45) is 0 Å². The fourth-order valence-electron chi connectivity index (χ4n) is 2.97. The Kier molecular flexibility index (Phi) is 4.89. The first kappa shape index (κ1) is 15.5. The predicted octanol–water partition coefficient (Wildman–Crippen LogP) is 3.22. The predicted molar refractivity (Wildman–Crippen MR) is 93.9 cm³/mol. The summed E-state index contributed by atoms with van der Waals surface area (Å²) in [5, 5.41) is 0. The Hall–Kier alpha value is -2.39. The highest BCUT2D eigenvalue weighted by Gasteiger charge is 2.28. The second kappa shape index (κ2) is 7.25. The van der Waals surface area contributed by atoms with Crippen LogP contribution in [-0.2, 0) is 4.79 Å². The van der Waals surface area contributed by atoms with Crippen LogP contribution >= 0.6 is 0 Å². The van der Waals surface area contributed by atoms with Crippen LogP contribution in [0.5, 0.6) is 0 Å². The molecule has 3 nitrogen and oxygen atoms in total. The van der Waals surface area contributed by atoms with Crippen LogP contribution in [0.2, 0.25) is 0 Å². The van der Waals surface area contributed by atoms with Gasteiger partial charge in [-0.3, -0.25) is 4.79 Å². The van der Waals surface area contributed by atoms with Gasteiger partial charge >= 0.3 is 0 Å². The highest BCUT2D eigenvalue weighted by Crippen LogP contribution is 2.25. The van der Waals surface area contributed by atoms with Crippen LogP contribution in [0.15, 0.2) is 66.7 Å². The number of hydrogen-bond acceptors (Lipinski definition) is 2. The second-order valence-corrected chi connectivity index (χ2v) is 5.96. The molecule has 118 valence electrons. The number of likely N-dealkylation sites (N-methyl/N-ethyl adjacent to an activating group) is 1. The Morgan fingerprint density at radius 2 is 1.65 bits per heavy atom. The Labute approximate surface area is 137 Å². The minimum absolute atomic E-state index is 0.0795. The highest BCUT2D eigenvalue weighted by atomic mass is 16.2. The molecule has 2 aromatic rings. The molecule has 2 aromatic carbocycles. The van der Waals surface area contributed by atoms with Crippen LogP contribution < -0.4 is 0 Å². The van der Waals surface area contributed by atoms with Crippen molar-refractivity contribution in [3.8, 4) is 0 Å². The number of piperazine rings is 1. The van der Waals surface area contributed by atoms with Crippen molar-refractivity contribution in [1.29, 1.82) is 0 Å². The van der Waals surface area contributed by atoms with E-state index in [1.807, 2.05) is 59.5 Å². The van der Waals surface area contributed by atoms with Gasteiger partial charge in [0.25, 0.3) is 0 Å². The zero-order chi connectivity index (χ0) is 16.1. The lowest BCUT2D eigenvalue weighted by molar-refractivity contribution is -0.130. The van der Waals surface area contributed by atoms with E-state index in [4.69, 9.17) is 0 Å². The molecule has 3 rings (SSSR count). The van der Waals surface area contributed by atoms with E-state index < -0.39 is 0 Å². The molecular weight excluding hydrogens is 284 g/mol. The van der Waals surface area contributed by atoms with Crippen LogP contribution in [0, 0.1) is 0 Å². The van der Waals surface area contributed by atoms with Gasteiger partial charge in [0.15, 0.2) is 0 Å². The third kappa shape index (κ3) is 3.88. The van der Waals surface area contributed by atoms with E-state index >= 15 is 0 Å². The molecule has 0 aliphatic carbocycles. The molecule has 1 unspecified atom stereocenters. The highest BCUT2D eigenvalue weighted by molar-refractivity contribution is 5.92. The van der Waals surface area contributed by atoms with Gasteiger partial charge in [0.1, 0.15) is 0 Å². The van der Waals surface area contributed by atoms with Crippen molar-refractivity contribution in [3.63, 3.8) is 0 Å². The zero-order valence-electron chi connectivity index (χ0n) is 13.4. The molecule has 3 heteroatoms. The third-order valence-electron chi connectivity index (χ3n) is 4.27. The molecule has 1 aliphatic heterocycles. The molecule has 0 spiro atoms. The summed E-state index contributed by atoms with van der Waals surface area (Å²) in [6.45, 7) is 2.54. The summed E-state index contributed by atoms with van der Waals surface area (Å²) in [5.41, 5.74) is 2.24. The van der Waals surface area contributed by atoms with Crippen molar-refractivity contribution >= 4 is 12.0 Å². The molecule has 1 fully saturated rings. The van der Waals surface area contributed by atoms with Crippen LogP contribution in [0.4, 0.5) is 0 Å². The van der Waals surface area contributed by atoms with E-state index in [0.717, 1.165) is 25.2 Å². The number of benzene rings is 2. The lowest BCUT2D eigenvalue weighted by atomic mass is 10.0. The Balaban J connectivity index is 1.78. The monoisotopic (exact) mass is 306 g/mol. The van der Waals surface area contributed by atoms with Crippen LogP contribution in [0.3, 0.4) is 0 Å². The van der Waals surface area contributed by atoms with E-state index in [1.54, 1.807) is 6.08 Å². The fraction of sp³-hybridized carbons (Fsp3) is 0.250. The number of nitrogens with zero attached hydrogens (tertiary/aromatic N) is 2. The lowest BCUT2D eigenvalue weighted by Gasteiger charge is -2.39. The summed E-state index contributed by atoms with van der Waals surface area (Å²) in [5.74, 6) is 0.0795. The average molecular weight is 306 g/mol. The number of amides is 1. The largest absolute Gasteiger partial charge is 0.330 e. The fourth-order valence-corrected chi connectivity index (χ4v) is 2.97. The van der Waals surface area contributed by atoms with Gasteiger partial charge < -0.3 is 9.80 Å². The minimum Gasteiger partial charge on any atom is -0.330 e. The van der Waals surface area contributed by atoms with Crippen molar-refractivity contribution in [2.75, 3.05) is 26.7 Å². The first-order chi connectivity index (χ1) is 11.2. The van der Waals surface area contributed by atoms with Gasteiger partial charge in [-0.2, -0.15) is 0 Å². The summed E-state index contributed by atoms with van der Waals surface area (Å²) in [6, 6.07) is 20.3. The van der Waals surface area contributed by atoms with Crippen molar-refractivity contribution < 1.29 is 4.79 Å². The van der Waals surface area contributed by atoms with Crippen molar-refractivity contribution in [1.82, 2.24) is 9.80 Å². The molecule has 1 atom stereocenters. The Morgan fingerprint density at radius 1 is 1.00 bits per heavy atom. The zero-order valence-corrected chi connectivity index (χ0v) is 13.4. The standard InChI is InChI=1S/C20H22N2O/c1-21-14-15-22(19(16-21)18-10-6-3-7-11-18)20(23)13-12-17-8-4-2-5-9-17/h2-13,19H,14-16H2,1H3. The van der Waals surface area contributed by atoms with E-state index in [2.05, 4.69) is 24.1 Å². The topological polar surface area (TPSA) is 23.6 Å². The van der Waals surface area contributed by atoms with E-state index in [1.165, 1.54) is 5.56 Å². The third-order valence-corrected chi connectivity index (χ3v) is 4.27. The quantitative estimate of drug-likeness (QED) is 0.813. The molecule has 0 saturated carbocycles. The minimum atomic E-state index is 0.0795. The second-order valence-electron chi connectivity index (χ2n) is 5.96. The molecule has 23 heavy (non-hydrogen) atoms. The maximum atomic E-state index is 12.7. The normalized spacial score (nSPS) is 19.2. The number of carbonyl (C=O) groups excluding carboxylic acids is 1. The Morgan fingerprint density at radius 3 is 2.35 bits per heavy atom. The molecule has 1 heterocycles. The molecule has 0 aromatic heterocycles. The smallest absolute Gasteiger partial charge is 0.247 e. The summed E-state index contributed by atoms with van der Waals surface area (Å²) in [6.07, 6.45) is 3.58. The summed E-state index contributed by atoms with van der Waals surface area (Å²) >= 11 is 0. The number of hydrogen-bond donors (Lipinski definition) is 0. The van der Waals surface area contributed by atoms with Crippen LogP contribution in [0.1, 0.15) is 17.2 Å². The molecule has 0 N–H and O–H groups in total.